The summed E-state index contributed by atoms with van der Waals surface area (Å²) in [6, 6.07) is 5.86. The zero-order chi connectivity index (χ0) is 10.8. The minimum absolute atomic E-state index is 0.194. The molecule has 4 heteroatoms. The Morgan fingerprint density at radius 1 is 1.60 bits per heavy atom. The maximum Gasteiger partial charge on any atom is 0.328 e. The van der Waals surface area contributed by atoms with Crippen LogP contribution in [0.5, 0.6) is 0 Å². The molecule has 1 aliphatic heterocycles. The van der Waals surface area contributed by atoms with Crippen molar-refractivity contribution in [2.75, 3.05) is 12.4 Å². The fourth-order valence-corrected chi connectivity index (χ4v) is 2.14. The number of halogens is 1. The van der Waals surface area contributed by atoms with Crippen molar-refractivity contribution in [1.82, 2.24) is 0 Å². The van der Waals surface area contributed by atoms with Gasteiger partial charge >= 0.3 is 5.97 Å². The number of hydrogen-bond acceptors (Lipinski definition) is 3. The number of esters is 1. The second kappa shape index (κ2) is 4.23. The molecule has 2 rings (SSSR count). The number of anilines is 1. The van der Waals surface area contributed by atoms with Gasteiger partial charge in [-0.3, -0.25) is 0 Å². The predicted molar refractivity (Wildman–Crippen MR) is 61.9 cm³/mol. The normalized spacial score (nSPS) is 18.9. The molecular weight excluding hydrogens is 258 g/mol. The number of fused-ring (bicyclic) bond motifs is 1. The number of aryl methyl sites for hydroxylation is 1. The molecule has 1 heterocycles. The first-order valence-corrected chi connectivity index (χ1v) is 5.63. The second-order valence-electron chi connectivity index (χ2n) is 3.56. The molecule has 0 fully saturated rings. The fraction of sp³-hybridized carbons (Fsp3) is 0.364. The molecule has 0 bridgehead atoms. The van der Waals surface area contributed by atoms with Gasteiger partial charge in [0.2, 0.25) is 0 Å². The fourth-order valence-electron chi connectivity index (χ4n) is 1.78. The van der Waals surface area contributed by atoms with E-state index in [0.717, 1.165) is 23.0 Å². The summed E-state index contributed by atoms with van der Waals surface area (Å²) < 4.78 is 5.74. The highest BCUT2D eigenvalue weighted by Gasteiger charge is 2.24. The Bertz CT molecular complexity index is 392. The topological polar surface area (TPSA) is 38.3 Å². The summed E-state index contributed by atoms with van der Waals surface area (Å²) in [5.41, 5.74) is 2.27. The van der Waals surface area contributed by atoms with Crippen molar-refractivity contribution in [3.63, 3.8) is 0 Å². The molecule has 0 aromatic heterocycles. The van der Waals surface area contributed by atoms with Crippen molar-refractivity contribution in [3.8, 4) is 0 Å². The first-order chi connectivity index (χ1) is 7.20. The summed E-state index contributed by atoms with van der Waals surface area (Å²) in [5.74, 6) is -0.194. The molecule has 1 atom stereocenters. The molecule has 0 amide bonds. The summed E-state index contributed by atoms with van der Waals surface area (Å²) in [6.45, 7) is 0. The number of nitrogens with one attached hydrogen (secondary N) is 1. The van der Waals surface area contributed by atoms with Gasteiger partial charge in [0.15, 0.2) is 0 Å². The molecule has 1 unspecified atom stereocenters. The van der Waals surface area contributed by atoms with Crippen LogP contribution in [-0.4, -0.2) is 19.1 Å². The highest BCUT2D eigenvalue weighted by molar-refractivity contribution is 9.10. The molecule has 1 N–H and O–H groups in total. The Morgan fingerprint density at radius 2 is 2.40 bits per heavy atom. The lowest BCUT2D eigenvalue weighted by molar-refractivity contribution is -0.141. The molecule has 15 heavy (non-hydrogen) atoms. The second-order valence-corrected chi connectivity index (χ2v) is 4.48. The summed E-state index contributed by atoms with van der Waals surface area (Å²) in [5, 5.41) is 3.18. The molecule has 1 aromatic rings. The summed E-state index contributed by atoms with van der Waals surface area (Å²) in [4.78, 5) is 11.4. The van der Waals surface area contributed by atoms with Crippen LogP contribution in [0.3, 0.4) is 0 Å². The summed E-state index contributed by atoms with van der Waals surface area (Å²) >= 11 is 3.41. The van der Waals surface area contributed by atoms with Gasteiger partial charge in [-0.25, -0.2) is 4.79 Å². The third kappa shape index (κ3) is 2.15. The summed E-state index contributed by atoms with van der Waals surface area (Å²) in [6.07, 6.45) is 1.71. The van der Waals surface area contributed by atoms with E-state index in [1.807, 2.05) is 12.1 Å². The van der Waals surface area contributed by atoms with Crippen molar-refractivity contribution in [2.45, 2.75) is 18.9 Å². The first-order valence-electron chi connectivity index (χ1n) is 4.83. The van der Waals surface area contributed by atoms with Gasteiger partial charge in [0, 0.05) is 10.2 Å². The lowest BCUT2D eigenvalue weighted by Crippen LogP contribution is -2.34. The SMILES string of the molecule is COC(=O)C1CCc2ccc(Br)cc2N1. The summed E-state index contributed by atoms with van der Waals surface area (Å²) in [7, 11) is 1.42. The van der Waals surface area contributed by atoms with Gasteiger partial charge in [-0.2, -0.15) is 0 Å². The number of carbonyl (C=O) groups excluding carboxylic acids is 1. The molecule has 1 aromatic carbocycles. The average Bonchev–Trinajstić information content (AvgIpc) is 2.27. The number of benzene rings is 1. The lowest BCUT2D eigenvalue weighted by atomic mass is 9.98. The van der Waals surface area contributed by atoms with Crippen molar-refractivity contribution in [1.29, 1.82) is 0 Å². The van der Waals surface area contributed by atoms with Gasteiger partial charge in [0.05, 0.1) is 7.11 Å². The molecule has 0 radical (unpaired) electrons. The Balaban J connectivity index is 2.22. The van der Waals surface area contributed by atoms with E-state index in [4.69, 9.17) is 4.74 Å². The van der Waals surface area contributed by atoms with E-state index >= 15 is 0 Å². The highest BCUT2D eigenvalue weighted by atomic mass is 79.9. The van der Waals surface area contributed by atoms with Crippen LogP contribution in [0.2, 0.25) is 0 Å². The van der Waals surface area contributed by atoms with E-state index in [-0.39, 0.29) is 12.0 Å². The van der Waals surface area contributed by atoms with Gasteiger partial charge in [-0.15, -0.1) is 0 Å². The zero-order valence-electron chi connectivity index (χ0n) is 8.42. The number of rotatable bonds is 1. The van der Waals surface area contributed by atoms with Crippen molar-refractivity contribution >= 4 is 27.6 Å². The molecule has 1 aliphatic rings. The van der Waals surface area contributed by atoms with E-state index in [2.05, 4.69) is 27.3 Å². The first kappa shape index (κ1) is 10.5. The van der Waals surface area contributed by atoms with Gasteiger partial charge in [0.1, 0.15) is 6.04 Å². The quantitative estimate of drug-likeness (QED) is 0.796. The highest BCUT2D eigenvalue weighted by Crippen LogP contribution is 2.28. The largest absolute Gasteiger partial charge is 0.467 e. The van der Waals surface area contributed by atoms with Crippen LogP contribution in [0.1, 0.15) is 12.0 Å². The van der Waals surface area contributed by atoms with Crippen LogP contribution < -0.4 is 5.32 Å². The third-order valence-corrected chi connectivity index (χ3v) is 3.08. The van der Waals surface area contributed by atoms with Crippen molar-refractivity contribution in [3.05, 3.63) is 28.2 Å². The predicted octanol–water partition coefficient (Wildman–Crippen LogP) is 2.35. The van der Waals surface area contributed by atoms with Crippen LogP contribution in [0.4, 0.5) is 5.69 Å². The molecule has 0 aliphatic carbocycles. The van der Waals surface area contributed by atoms with E-state index in [1.165, 1.54) is 12.7 Å². The minimum Gasteiger partial charge on any atom is -0.467 e. The van der Waals surface area contributed by atoms with Crippen LogP contribution in [0.25, 0.3) is 0 Å². The lowest BCUT2D eigenvalue weighted by Gasteiger charge is -2.25. The monoisotopic (exact) mass is 269 g/mol. The van der Waals surface area contributed by atoms with Crippen LogP contribution in [0, 0.1) is 0 Å². The van der Waals surface area contributed by atoms with Crippen LogP contribution >= 0.6 is 15.9 Å². The zero-order valence-corrected chi connectivity index (χ0v) is 10.0. The molecule has 0 saturated carbocycles. The van der Waals surface area contributed by atoms with Crippen LogP contribution in [0.15, 0.2) is 22.7 Å². The maximum atomic E-state index is 11.4. The maximum absolute atomic E-state index is 11.4. The Labute approximate surface area is 96.9 Å². The molecule has 0 saturated heterocycles. The van der Waals surface area contributed by atoms with E-state index < -0.39 is 0 Å². The smallest absolute Gasteiger partial charge is 0.328 e. The Hall–Kier alpha value is -1.03. The Kier molecular flexibility index (Phi) is 2.95. The number of hydrogen-bond donors (Lipinski definition) is 1. The van der Waals surface area contributed by atoms with Crippen LogP contribution in [-0.2, 0) is 16.0 Å². The Morgan fingerprint density at radius 3 is 3.13 bits per heavy atom. The molecule has 80 valence electrons. The number of carbonyl (C=O) groups is 1. The number of methoxy groups -OCH3 is 1. The average molecular weight is 270 g/mol. The molecule has 3 nitrogen and oxygen atoms in total. The minimum atomic E-state index is -0.211. The van der Waals surface area contributed by atoms with E-state index in [1.54, 1.807) is 0 Å². The van der Waals surface area contributed by atoms with Gasteiger partial charge in [-0.05, 0) is 30.5 Å². The van der Waals surface area contributed by atoms with Gasteiger partial charge in [0.25, 0.3) is 0 Å². The van der Waals surface area contributed by atoms with Crippen molar-refractivity contribution < 1.29 is 9.53 Å². The van der Waals surface area contributed by atoms with E-state index in [0.29, 0.717) is 0 Å². The van der Waals surface area contributed by atoms with Crippen molar-refractivity contribution in [2.24, 2.45) is 0 Å². The third-order valence-electron chi connectivity index (χ3n) is 2.59. The van der Waals surface area contributed by atoms with E-state index in [9.17, 15) is 4.79 Å². The van der Waals surface area contributed by atoms with Gasteiger partial charge in [-0.1, -0.05) is 22.0 Å². The molecule has 0 spiro atoms. The van der Waals surface area contributed by atoms with Gasteiger partial charge < -0.3 is 10.1 Å². The number of ether oxygens (including phenoxy) is 1. The standard InChI is InChI=1S/C11H12BrNO2/c1-15-11(14)9-5-3-7-2-4-8(12)6-10(7)13-9/h2,4,6,9,13H,3,5H2,1H3. The molecular formula is C11H12BrNO2.